The van der Waals surface area contributed by atoms with Gasteiger partial charge in [-0.1, -0.05) is 6.07 Å². The lowest BCUT2D eigenvalue weighted by Gasteiger charge is -2.32. The summed E-state index contributed by atoms with van der Waals surface area (Å²) < 4.78 is 0. The molecule has 0 radical (unpaired) electrons. The molecule has 0 spiro atoms. The maximum atomic E-state index is 12.4. The minimum Gasteiger partial charge on any atom is -0.337 e. The average Bonchev–Trinajstić information content (AvgIpc) is 2.39. The van der Waals surface area contributed by atoms with Gasteiger partial charge in [-0.25, -0.2) is 0 Å². The lowest BCUT2D eigenvalue weighted by molar-refractivity contribution is 0.0667. The topological polar surface area (TPSA) is 45.2 Å². The molecule has 1 unspecified atom stereocenters. The van der Waals surface area contributed by atoms with Gasteiger partial charge in [-0.2, -0.15) is 0 Å². The molecule has 18 heavy (non-hydrogen) atoms. The van der Waals surface area contributed by atoms with Crippen LogP contribution in [-0.2, 0) is 0 Å². The SMILES string of the molecule is CNCC1CCCN(C(=O)c2ncccc2C)C1. The summed E-state index contributed by atoms with van der Waals surface area (Å²) in [5, 5.41) is 3.19. The molecule has 1 atom stereocenters. The molecule has 1 aliphatic heterocycles. The summed E-state index contributed by atoms with van der Waals surface area (Å²) in [5.74, 6) is 0.644. The second-order valence-electron chi connectivity index (χ2n) is 4.99. The highest BCUT2D eigenvalue weighted by atomic mass is 16.2. The van der Waals surface area contributed by atoms with Gasteiger partial charge in [0, 0.05) is 19.3 Å². The van der Waals surface area contributed by atoms with E-state index < -0.39 is 0 Å². The molecule has 0 aromatic carbocycles. The first kappa shape index (κ1) is 13.0. The predicted octanol–water partition coefficient (Wildman–Crippen LogP) is 1.46. The van der Waals surface area contributed by atoms with Crippen molar-refractivity contribution >= 4 is 5.91 Å². The molecular formula is C14H21N3O. The van der Waals surface area contributed by atoms with E-state index >= 15 is 0 Å². The van der Waals surface area contributed by atoms with E-state index in [1.807, 2.05) is 31.0 Å². The zero-order chi connectivity index (χ0) is 13.0. The molecule has 1 amide bonds. The van der Waals surface area contributed by atoms with Crippen molar-refractivity contribution < 1.29 is 4.79 Å². The van der Waals surface area contributed by atoms with Gasteiger partial charge in [-0.3, -0.25) is 9.78 Å². The van der Waals surface area contributed by atoms with Crippen molar-refractivity contribution in [2.75, 3.05) is 26.7 Å². The summed E-state index contributed by atoms with van der Waals surface area (Å²) in [6.45, 7) is 4.62. The number of aromatic nitrogens is 1. The van der Waals surface area contributed by atoms with Crippen LogP contribution in [0.2, 0.25) is 0 Å². The largest absolute Gasteiger partial charge is 0.337 e. The van der Waals surface area contributed by atoms with Crippen LogP contribution in [0.3, 0.4) is 0 Å². The Kier molecular flexibility index (Phi) is 4.31. The summed E-state index contributed by atoms with van der Waals surface area (Å²) in [7, 11) is 1.96. The Balaban J connectivity index is 2.07. The third-order valence-corrected chi connectivity index (χ3v) is 3.51. The van der Waals surface area contributed by atoms with E-state index in [1.54, 1.807) is 6.20 Å². The Morgan fingerprint density at radius 3 is 3.17 bits per heavy atom. The third-order valence-electron chi connectivity index (χ3n) is 3.51. The number of pyridine rings is 1. The van der Waals surface area contributed by atoms with Gasteiger partial charge in [0.2, 0.25) is 0 Å². The second-order valence-corrected chi connectivity index (χ2v) is 4.99. The monoisotopic (exact) mass is 247 g/mol. The van der Waals surface area contributed by atoms with Gasteiger partial charge < -0.3 is 10.2 Å². The van der Waals surface area contributed by atoms with Crippen LogP contribution in [0.15, 0.2) is 18.3 Å². The van der Waals surface area contributed by atoms with E-state index in [4.69, 9.17) is 0 Å². The Hall–Kier alpha value is -1.42. The summed E-state index contributed by atoms with van der Waals surface area (Å²) in [5.41, 5.74) is 1.56. The Morgan fingerprint density at radius 2 is 2.44 bits per heavy atom. The van der Waals surface area contributed by atoms with Gasteiger partial charge in [0.15, 0.2) is 0 Å². The standard InChI is InChI=1S/C14H21N3O/c1-11-5-3-7-16-13(11)14(18)17-8-4-6-12(10-17)9-15-2/h3,5,7,12,15H,4,6,8-10H2,1-2H3. The smallest absolute Gasteiger partial charge is 0.272 e. The molecular weight excluding hydrogens is 226 g/mol. The average molecular weight is 247 g/mol. The van der Waals surface area contributed by atoms with E-state index in [0.29, 0.717) is 11.6 Å². The molecule has 4 heteroatoms. The van der Waals surface area contributed by atoms with Crippen LogP contribution in [0.4, 0.5) is 0 Å². The van der Waals surface area contributed by atoms with Crippen molar-refractivity contribution in [1.82, 2.24) is 15.2 Å². The number of aryl methyl sites for hydroxylation is 1. The number of likely N-dealkylation sites (tertiary alicyclic amines) is 1. The molecule has 0 saturated carbocycles. The number of hydrogen-bond donors (Lipinski definition) is 1. The van der Waals surface area contributed by atoms with Crippen LogP contribution >= 0.6 is 0 Å². The number of hydrogen-bond acceptors (Lipinski definition) is 3. The van der Waals surface area contributed by atoms with Crippen molar-refractivity contribution in [2.24, 2.45) is 5.92 Å². The molecule has 2 heterocycles. The van der Waals surface area contributed by atoms with Crippen molar-refractivity contribution in [3.63, 3.8) is 0 Å². The van der Waals surface area contributed by atoms with Crippen LogP contribution in [0.5, 0.6) is 0 Å². The molecule has 1 aliphatic rings. The maximum Gasteiger partial charge on any atom is 0.272 e. The number of piperidine rings is 1. The molecule has 98 valence electrons. The van der Waals surface area contributed by atoms with E-state index in [2.05, 4.69) is 10.3 Å². The van der Waals surface area contributed by atoms with Crippen molar-refractivity contribution in [3.8, 4) is 0 Å². The molecule has 4 nitrogen and oxygen atoms in total. The van der Waals surface area contributed by atoms with Gasteiger partial charge in [-0.15, -0.1) is 0 Å². The van der Waals surface area contributed by atoms with E-state index in [9.17, 15) is 4.79 Å². The van der Waals surface area contributed by atoms with Crippen LogP contribution < -0.4 is 5.32 Å². The normalized spacial score (nSPS) is 19.9. The van der Waals surface area contributed by atoms with E-state index in [0.717, 1.165) is 31.6 Å². The lowest BCUT2D eigenvalue weighted by atomic mass is 9.97. The van der Waals surface area contributed by atoms with E-state index in [-0.39, 0.29) is 5.91 Å². The first-order valence-electron chi connectivity index (χ1n) is 6.58. The first-order valence-corrected chi connectivity index (χ1v) is 6.58. The highest BCUT2D eigenvalue weighted by molar-refractivity contribution is 5.93. The lowest BCUT2D eigenvalue weighted by Crippen LogP contribution is -2.42. The summed E-state index contributed by atoms with van der Waals surface area (Å²) in [4.78, 5) is 18.6. The van der Waals surface area contributed by atoms with Crippen molar-refractivity contribution in [3.05, 3.63) is 29.6 Å². The number of rotatable bonds is 3. The number of carbonyl (C=O) groups excluding carboxylic acids is 1. The fraction of sp³-hybridized carbons (Fsp3) is 0.571. The fourth-order valence-corrected chi connectivity index (χ4v) is 2.56. The summed E-state index contributed by atoms with van der Waals surface area (Å²) >= 11 is 0. The first-order chi connectivity index (χ1) is 8.72. The molecule has 1 aromatic rings. The van der Waals surface area contributed by atoms with E-state index in [1.165, 1.54) is 6.42 Å². The third kappa shape index (κ3) is 2.88. The Bertz CT molecular complexity index is 417. The summed E-state index contributed by atoms with van der Waals surface area (Å²) in [6, 6.07) is 3.81. The molecule has 1 aromatic heterocycles. The van der Waals surface area contributed by atoms with Crippen LogP contribution in [0, 0.1) is 12.8 Å². The molecule has 2 rings (SSSR count). The van der Waals surface area contributed by atoms with Crippen molar-refractivity contribution in [2.45, 2.75) is 19.8 Å². The highest BCUT2D eigenvalue weighted by Gasteiger charge is 2.25. The molecule has 0 bridgehead atoms. The predicted molar refractivity (Wildman–Crippen MR) is 71.5 cm³/mol. The minimum absolute atomic E-state index is 0.0777. The van der Waals surface area contributed by atoms with Crippen molar-refractivity contribution in [1.29, 1.82) is 0 Å². The molecule has 1 N–H and O–H groups in total. The van der Waals surface area contributed by atoms with Gasteiger partial charge in [0.05, 0.1) is 0 Å². The van der Waals surface area contributed by atoms with Gasteiger partial charge in [0.25, 0.3) is 5.91 Å². The number of nitrogens with zero attached hydrogens (tertiary/aromatic N) is 2. The highest BCUT2D eigenvalue weighted by Crippen LogP contribution is 2.18. The zero-order valence-electron chi connectivity index (χ0n) is 11.1. The number of carbonyl (C=O) groups is 1. The summed E-state index contributed by atoms with van der Waals surface area (Å²) in [6.07, 6.45) is 3.98. The number of nitrogens with one attached hydrogen (secondary N) is 1. The Labute approximate surface area is 108 Å². The Morgan fingerprint density at radius 1 is 1.61 bits per heavy atom. The molecule has 1 fully saturated rings. The quantitative estimate of drug-likeness (QED) is 0.879. The maximum absolute atomic E-state index is 12.4. The minimum atomic E-state index is 0.0777. The molecule has 1 saturated heterocycles. The number of amides is 1. The van der Waals surface area contributed by atoms with Gasteiger partial charge in [-0.05, 0) is 50.9 Å². The molecule has 0 aliphatic carbocycles. The van der Waals surface area contributed by atoms with Gasteiger partial charge in [0.1, 0.15) is 5.69 Å². The fourth-order valence-electron chi connectivity index (χ4n) is 2.56. The van der Waals surface area contributed by atoms with Crippen LogP contribution in [0.1, 0.15) is 28.9 Å². The van der Waals surface area contributed by atoms with Crippen LogP contribution in [-0.4, -0.2) is 42.5 Å². The second kappa shape index (κ2) is 5.96. The van der Waals surface area contributed by atoms with Crippen LogP contribution in [0.25, 0.3) is 0 Å². The zero-order valence-corrected chi connectivity index (χ0v) is 11.1. The van der Waals surface area contributed by atoms with Gasteiger partial charge >= 0.3 is 0 Å².